The van der Waals surface area contributed by atoms with E-state index in [4.69, 9.17) is 4.74 Å². The summed E-state index contributed by atoms with van der Waals surface area (Å²) in [6.07, 6.45) is 0. The van der Waals surface area contributed by atoms with Crippen molar-refractivity contribution in [3.63, 3.8) is 0 Å². The topological polar surface area (TPSA) is 9.23 Å². The normalized spacial score (nSPS) is 10.1. The van der Waals surface area contributed by atoms with Crippen molar-refractivity contribution in [1.29, 1.82) is 0 Å². The number of halogens is 1. The molecule has 0 amide bonds. The zero-order valence-corrected chi connectivity index (χ0v) is 8.82. The summed E-state index contributed by atoms with van der Waals surface area (Å²) in [4.78, 5) is 0. The Bertz CT molecular complexity index is 465. The average molecular weight is 215 g/mol. The van der Waals surface area contributed by atoms with Gasteiger partial charge in [0.1, 0.15) is 18.2 Å². The molecule has 0 saturated heterocycles. The molecule has 1 radical (unpaired) electrons. The van der Waals surface area contributed by atoms with Gasteiger partial charge in [-0.2, -0.15) is 0 Å². The van der Waals surface area contributed by atoms with Gasteiger partial charge in [-0.05, 0) is 36.2 Å². The van der Waals surface area contributed by atoms with Gasteiger partial charge in [-0.1, -0.05) is 30.3 Å². The van der Waals surface area contributed by atoms with Gasteiger partial charge in [-0.3, -0.25) is 0 Å². The van der Waals surface area contributed by atoms with E-state index in [1.54, 1.807) is 6.07 Å². The molecule has 0 aliphatic rings. The lowest BCUT2D eigenvalue weighted by atomic mass is 10.2. The predicted molar refractivity (Wildman–Crippen MR) is 61.6 cm³/mol. The Hall–Kier alpha value is -1.83. The largest absolute Gasteiger partial charge is 0.489 e. The summed E-state index contributed by atoms with van der Waals surface area (Å²) in [5.74, 6) is 0.322. The number of hydrogen-bond acceptors (Lipinski definition) is 1. The van der Waals surface area contributed by atoms with Gasteiger partial charge < -0.3 is 4.74 Å². The Balaban J connectivity index is 2.05. The first-order chi connectivity index (χ1) is 7.75. The van der Waals surface area contributed by atoms with Crippen LogP contribution in [0, 0.1) is 12.7 Å². The van der Waals surface area contributed by atoms with E-state index in [2.05, 4.69) is 6.92 Å². The summed E-state index contributed by atoms with van der Waals surface area (Å²) >= 11 is 0. The van der Waals surface area contributed by atoms with Crippen molar-refractivity contribution < 1.29 is 9.13 Å². The molecule has 0 saturated carbocycles. The molecule has 0 bridgehead atoms. The van der Waals surface area contributed by atoms with Crippen LogP contribution < -0.4 is 4.74 Å². The molecule has 0 fully saturated rings. The Morgan fingerprint density at radius 3 is 2.50 bits per heavy atom. The van der Waals surface area contributed by atoms with Gasteiger partial charge in [0.05, 0.1) is 0 Å². The molecule has 0 N–H and O–H groups in total. The van der Waals surface area contributed by atoms with E-state index < -0.39 is 0 Å². The fourth-order valence-electron chi connectivity index (χ4n) is 1.42. The summed E-state index contributed by atoms with van der Waals surface area (Å²) in [5.41, 5.74) is 1.64. The van der Waals surface area contributed by atoms with Crippen LogP contribution in [0.1, 0.15) is 11.1 Å². The van der Waals surface area contributed by atoms with Gasteiger partial charge in [-0.25, -0.2) is 4.39 Å². The summed E-state index contributed by atoms with van der Waals surface area (Å²) in [6, 6.07) is 14.1. The standard InChI is InChI=1S/C14H12FO/c1-11-9-13(15)7-8-14(11)16-10-12-5-3-2-4-6-12/h2-9H,1,10H2. The summed E-state index contributed by atoms with van der Waals surface area (Å²) < 4.78 is 18.4. The van der Waals surface area contributed by atoms with Crippen molar-refractivity contribution in [2.24, 2.45) is 0 Å². The molecule has 2 aromatic rings. The van der Waals surface area contributed by atoms with Crippen molar-refractivity contribution in [2.75, 3.05) is 0 Å². The van der Waals surface area contributed by atoms with Crippen molar-refractivity contribution in [3.05, 3.63) is 72.4 Å². The van der Waals surface area contributed by atoms with Crippen LogP contribution in [-0.4, -0.2) is 0 Å². The third-order valence-corrected chi connectivity index (χ3v) is 2.26. The second-order valence-electron chi connectivity index (χ2n) is 3.53. The maximum atomic E-state index is 12.8. The smallest absolute Gasteiger partial charge is 0.123 e. The number of hydrogen-bond donors (Lipinski definition) is 0. The number of rotatable bonds is 3. The van der Waals surface area contributed by atoms with Crippen LogP contribution in [0.4, 0.5) is 4.39 Å². The second kappa shape index (κ2) is 4.79. The SMILES string of the molecule is [CH2]c1cc(F)ccc1OCc1ccccc1. The van der Waals surface area contributed by atoms with Crippen LogP contribution in [0.15, 0.2) is 48.5 Å². The van der Waals surface area contributed by atoms with Gasteiger partial charge in [0.25, 0.3) is 0 Å². The highest BCUT2D eigenvalue weighted by Crippen LogP contribution is 2.19. The van der Waals surface area contributed by atoms with Crippen LogP contribution in [0.3, 0.4) is 0 Å². The van der Waals surface area contributed by atoms with Crippen molar-refractivity contribution in [3.8, 4) is 5.75 Å². The molecule has 2 heteroatoms. The molecular formula is C14H12FO. The van der Waals surface area contributed by atoms with Crippen molar-refractivity contribution in [1.82, 2.24) is 0 Å². The Morgan fingerprint density at radius 2 is 1.81 bits per heavy atom. The molecule has 2 rings (SSSR count). The molecule has 0 spiro atoms. The first-order valence-corrected chi connectivity index (χ1v) is 5.04. The minimum absolute atomic E-state index is 0.294. The van der Waals surface area contributed by atoms with E-state index in [9.17, 15) is 4.39 Å². The minimum atomic E-state index is -0.294. The van der Waals surface area contributed by atoms with Gasteiger partial charge in [0.15, 0.2) is 0 Å². The van der Waals surface area contributed by atoms with Crippen LogP contribution in [0.2, 0.25) is 0 Å². The Labute approximate surface area is 94.5 Å². The van der Waals surface area contributed by atoms with Crippen LogP contribution in [-0.2, 0) is 6.61 Å². The molecule has 0 heterocycles. The molecule has 1 nitrogen and oxygen atoms in total. The first kappa shape index (κ1) is 10.7. The molecular weight excluding hydrogens is 203 g/mol. The van der Waals surface area contributed by atoms with E-state index in [0.717, 1.165) is 5.56 Å². The lowest BCUT2D eigenvalue weighted by Crippen LogP contribution is -1.96. The van der Waals surface area contributed by atoms with Crippen LogP contribution >= 0.6 is 0 Å². The van der Waals surface area contributed by atoms with E-state index in [0.29, 0.717) is 17.9 Å². The molecule has 0 unspecified atom stereocenters. The lowest BCUT2D eigenvalue weighted by molar-refractivity contribution is 0.304. The third-order valence-electron chi connectivity index (χ3n) is 2.26. The van der Waals surface area contributed by atoms with Crippen molar-refractivity contribution in [2.45, 2.75) is 6.61 Å². The molecule has 0 aromatic heterocycles. The van der Waals surface area contributed by atoms with Gasteiger partial charge in [0, 0.05) is 0 Å². The third kappa shape index (κ3) is 2.60. The zero-order valence-electron chi connectivity index (χ0n) is 8.82. The minimum Gasteiger partial charge on any atom is -0.489 e. The van der Waals surface area contributed by atoms with E-state index in [1.165, 1.54) is 12.1 Å². The van der Waals surface area contributed by atoms with Gasteiger partial charge in [-0.15, -0.1) is 0 Å². The second-order valence-corrected chi connectivity index (χ2v) is 3.53. The summed E-state index contributed by atoms with van der Waals surface area (Å²) in [5, 5.41) is 0. The number of ether oxygens (including phenoxy) is 1. The molecule has 0 aliphatic carbocycles. The molecule has 16 heavy (non-hydrogen) atoms. The van der Waals surface area contributed by atoms with Gasteiger partial charge >= 0.3 is 0 Å². The molecule has 2 aromatic carbocycles. The van der Waals surface area contributed by atoms with Gasteiger partial charge in [0.2, 0.25) is 0 Å². The average Bonchev–Trinajstić information content (AvgIpc) is 2.29. The summed E-state index contributed by atoms with van der Waals surface area (Å²) in [7, 11) is 0. The molecule has 0 atom stereocenters. The first-order valence-electron chi connectivity index (χ1n) is 5.04. The zero-order chi connectivity index (χ0) is 11.4. The van der Waals surface area contributed by atoms with E-state index in [-0.39, 0.29) is 5.82 Å². The highest BCUT2D eigenvalue weighted by molar-refractivity contribution is 5.36. The Kier molecular flexibility index (Phi) is 3.20. The van der Waals surface area contributed by atoms with Crippen LogP contribution in [0.25, 0.3) is 0 Å². The van der Waals surface area contributed by atoms with E-state index >= 15 is 0 Å². The fourth-order valence-corrected chi connectivity index (χ4v) is 1.42. The Morgan fingerprint density at radius 1 is 1.06 bits per heavy atom. The van der Waals surface area contributed by atoms with Crippen molar-refractivity contribution >= 4 is 0 Å². The van der Waals surface area contributed by atoms with Crippen LogP contribution in [0.5, 0.6) is 5.75 Å². The predicted octanol–water partition coefficient (Wildman–Crippen LogP) is 3.59. The maximum absolute atomic E-state index is 12.8. The summed E-state index contributed by atoms with van der Waals surface area (Å²) in [6.45, 7) is 4.20. The lowest BCUT2D eigenvalue weighted by Gasteiger charge is -2.08. The number of benzene rings is 2. The molecule has 81 valence electrons. The van der Waals surface area contributed by atoms with E-state index in [1.807, 2.05) is 30.3 Å². The molecule has 0 aliphatic heterocycles. The monoisotopic (exact) mass is 215 g/mol. The quantitative estimate of drug-likeness (QED) is 0.760. The highest BCUT2D eigenvalue weighted by atomic mass is 19.1. The fraction of sp³-hybridized carbons (Fsp3) is 0.0714. The maximum Gasteiger partial charge on any atom is 0.123 e. The highest BCUT2D eigenvalue weighted by Gasteiger charge is 2.01.